The lowest BCUT2D eigenvalue weighted by Crippen LogP contribution is -2.23. The largest absolute Gasteiger partial charge is 0.471 e. The predicted molar refractivity (Wildman–Crippen MR) is 102 cm³/mol. The lowest BCUT2D eigenvalue weighted by Gasteiger charge is -2.12. The molecule has 29 heavy (non-hydrogen) atoms. The smallest absolute Gasteiger partial charge is 0.272 e. The van der Waals surface area contributed by atoms with Crippen molar-refractivity contribution < 1.29 is 23.1 Å². The van der Waals surface area contributed by atoms with Gasteiger partial charge in [-0.15, -0.1) is 0 Å². The average molecular weight is 403 g/mol. The van der Waals surface area contributed by atoms with E-state index in [0.29, 0.717) is 17.7 Å². The Bertz CT molecular complexity index is 885. The Balaban J connectivity index is 1.63. The van der Waals surface area contributed by atoms with Gasteiger partial charge in [0, 0.05) is 48.6 Å². The van der Waals surface area contributed by atoms with E-state index < -0.39 is 13.0 Å². The molecular weight excluding hydrogens is 380 g/mol. The number of rotatable bonds is 10. The van der Waals surface area contributed by atoms with E-state index in [1.165, 1.54) is 12.4 Å². The molecule has 2 aromatic rings. The van der Waals surface area contributed by atoms with Gasteiger partial charge in [-0.3, -0.25) is 14.6 Å². The lowest BCUT2D eigenvalue weighted by atomic mass is 10.1. The number of ether oxygens (including phenoxy) is 1. The Kier molecular flexibility index (Phi) is 6.85. The number of carbonyl (C=O) groups excluding carboxylic acids is 2. The van der Waals surface area contributed by atoms with Gasteiger partial charge in [0.25, 0.3) is 12.3 Å². The molecular formula is C21H23F2N3O3. The predicted octanol–water partition coefficient (Wildman–Crippen LogP) is 3.45. The molecule has 1 saturated carbocycles. The monoisotopic (exact) mass is 403 g/mol. The highest BCUT2D eigenvalue weighted by Gasteiger charge is 2.28. The standard InChI is InChI=1S/C21H23F2N3O3/c1-2-17(27)9-16-8-15(5-6-24-16)20(28)25-10-13-7-18(14-3-4-14)21(26-11-13)29-12-19(22)23/h5-8,11,14,19H,2-4,9-10,12H2,1H3,(H,25,28). The number of hydrogen-bond acceptors (Lipinski definition) is 5. The number of aromatic nitrogens is 2. The van der Waals surface area contributed by atoms with Crippen molar-refractivity contribution in [2.24, 2.45) is 0 Å². The first-order valence-electron chi connectivity index (χ1n) is 9.60. The molecule has 154 valence electrons. The van der Waals surface area contributed by atoms with E-state index >= 15 is 0 Å². The molecule has 0 atom stereocenters. The lowest BCUT2D eigenvalue weighted by molar-refractivity contribution is -0.118. The number of hydrogen-bond donors (Lipinski definition) is 1. The van der Waals surface area contributed by atoms with Crippen molar-refractivity contribution in [1.29, 1.82) is 0 Å². The maximum absolute atomic E-state index is 12.4. The molecule has 3 rings (SSSR count). The minimum absolute atomic E-state index is 0.0582. The molecule has 6 nitrogen and oxygen atoms in total. The number of nitrogens with one attached hydrogen (secondary N) is 1. The van der Waals surface area contributed by atoms with Crippen LogP contribution in [-0.4, -0.2) is 34.7 Å². The second kappa shape index (κ2) is 9.54. The van der Waals surface area contributed by atoms with E-state index in [9.17, 15) is 18.4 Å². The van der Waals surface area contributed by atoms with Crippen LogP contribution in [0.3, 0.4) is 0 Å². The maximum atomic E-state index is 12.4. The van der Waals surface area contributed by atoms with Crippen LogP contribution in [0.25, 0.3) is 0 Å². The summed E-state index contributed by atoms with van der Waals surface area (Å²) >= 11 is 0. The number of halogens is 2. The Hall–Kier alpha value is -2.90. The summed E-state index contributed by atoms with van der Waals surface area (Å²) in [5.74, 6) is 0.276. The number of ketones is 1. The first kappa shape index (κ1) is 20.8. The number of nitrogens with zero attached hydrogens (tertiary/aromatic N) is 2. The molecule has 0 bridgehead atoms. The van der Waals surface area contributed by atoms with Crippen molar-refractivity contribution >= 4 is 11.7 Å². The first-order chi connectivity index (χ1) is 14.0. The van der Waals surface area contributed by atoms with Crippen molar-refractivity contribution in [3.05, 3.63) is 53.0 Å². The highest BCUT2D eigenvalue weighted by molar-refractivity contribution is 5.94. The van der Waals surface area contributed by atoms with Crippen molar-refractivity contribution in [1.82, 2.24) is 15.3 Å². The number of carbonyl (C=O) groups is 2. The van der Waals surface area contributed by atoms with Crippen LogP contribution in [-0.2, 0) is 17.8 Å². The third-order valence-corrected chi connectivity index (χ3v) is 4.60. The zero-order chi connectivity index (χ0) is 20.8. The summed E-state index contributed by atoms with van der Waals surface area (Å²) in [6.45, 7) is 1.34. The Morgan fingerprint density at radius 1 is 1.28 bits per heavy atom. The van der Waals surface area contributed by atoms with E-state index in [4.69, 9.17) is 4.74 Å². The number of Topliss-reactive ketones (excluding diaryl/α,β-unsaturated/α-hetero) is 1. The van der Waals surface area contributed by atoms with Crippen LogP contribution < -0.4 is 10.1 Å². The van der Waals surface area contributed by atoms with E-state index in [2.05, 4.69) is 15.3 Å². The topological polar surface area (TPSA) is 81.2 Å². The molecule has 1 amide bonds. The minimum Gasteiger partial charge on any atom is -0.471 e. The summed E-state index contributed by atoms with van der Waals surface area (Å²) in [6.07, 6.45) is 3.04. The van der Waals surface area contributed by atoms with Crippen molar-refractivity contribution in [2.75, 3.05) is 6.61 Å². The highest BCUT2D eigenvalue weighted by Crippen LogP contribution is 2.43. The number of alkyl halides is 2. The fraction of sp³-hybridized carbons (Fsp3) is 0.429. The molecule has 0 saturated heterocycles. The van der Waals surface area contributed by atoms with Gasteiger partial charge in [-0.2, -0.15) is 0 Å². The van der Waals surface area contributed by atoms with Gasteiger partial charge in [-0.25, -0.2) is 13.8 Å². The van der Waals surface area contributed by atoms with E-state index in [1.54, 1.807) is 19.1 Å². The van der Waals surface area contributed by atoms with Crippen LogP contribution in [0.1, 0.15) is 59.3 Å². The normalized spacial score (nSPS) is 13.4. The molecule has 2 aromatic heterocycles. The molecule has 8 heteroatoms. The molecule has 1 aliphatic rings. The Morgan fingerprint density at radius 2 is 2.07 bits per heavy atom. The zero-order valence-corrected chi connectivity index (χ0v) is 16.2. The minimum atomic E-state index is -2.55. The van der Waals surface area contributed by atoms with Gasteiger partial charge in [-0.1, -0.05) is 6.92 Å². The number of pyridine rings is 2. The van der Waals surface area contributed by atoms with E-state index in [1.807, 2.05) is 6.07 Å². The van der Waals surface area contributed by atoms with E-state index in [-0.39, 0.29) is 36.5 Å². The van der Waals surface area contributed by atoms with Crippen LogP contribution in [0.4, 0.5) is 8.78 Å². The Morgan fingerprint density at radius 3 is 2.76 bits per heavy atom. The van der Waals surface area contributed by atoms with Crippen LogP contribution >= 0.6 is 0 Å². The first-order valence-corrected chi connectivity index (χ1v) is 9.60. The van der Waals surface area contributed by atoms with Gasteiger partial charge >= 0.3 is 0 Å². The fourth-order valence-corrected chi connectivity index (χ4v) is 2.89. The molecule has 0 radical (unpaired) electrons. The maximum Gasteiger partial charge on any atom is 0.272 e. The van der Waals surface area contributed by atoms with Crippen LogP contribution in [0.15, 0.2) is 30.6 Å². The molecule has 1 fully saturated rings. The van der Waals surface area contributed by atoms with Crippen LogP contribution in [0, 0.1) is 0 Å². The average Bonchev–Trinajstić information content (AvgIpc) is 3.56. The fourth-order valence-electron chi connectivity index (χ4n) is 2.89. The second-order valence-electron chi connectivity index (χ2n) is 7.00. The summed E-state index contributed by atoms with van der Waals surface area (Å²) in [4.78, 5) is 32.3. The SMILES string of the molecule is CCC(=O)Cc1cc(C(=O)NCc2cnc(OCC(F)F)c(C3CC3)c2)ccn1. The third kappa shape index (κ3) is 6.04. The summed E-state index contributed by atoms with van der Waals surface area (Å²) < 4.78 is 29.9. The molecule has 0 unspecified atom stereocenters. The highest BCUT2D eigenvalue weighted by atomic mass is 19.3. The van der Waals surface area contributed by atoms with Gasteiger partial charge in [0.15, 0.2) is 6.61 Å². The van der Waals surface area contributed by atoms with E-state index in [0.717, 1.165) is 24.0 Å². The van der Waals surface area contributed by atoms with Gasteiger partial charge in [-0.05, 0) is 42.5 Å². The van der Waals surface area contributed by atoms with Gasteiger partial charge in [0.2, 0.25) is 5.88 Å². The number of amides is 1. The molecule has 1 aliphatic carbocycles. The Labute approximate surface area is 167 Å². The van der Waals surface area contributed by atoms with Gasteiger partial charge in [0.05, 0.1) is 0 Å². The van der Waals surface area contributed by atoms with Crippen LogP contribution in [0.5, 0.6) is 5.88 Å². The van der Waals surface area contributed by atoms with Crippen LogP contribution in [0.2, 0.25) is 0 Å². The molecule has 2 heterocycles. The third-order valence-electron chi connectivity index (χ3n) is 4.60. The molecule has 0 spiro atoms. The second-order valence-corrected chi connectivity index (χ2v) is 7.00. The summed E-state index contributed by atoms with van der Waals surface area (Å²) in [5.41, 5.74) is 2.55. The molecule has 1 N–H and O–H groups in total. The summed E-state index contributed by atoms with van der Waals surface area (Å²) in [6, 6.07) is 5.05. The quantitative estimate of drug-likeness (QED) is 0.657. The molecule has 0 aromatic carbocycles. The zero-order valence-electron chi connectivity index (χ0n) is 16.2. The van der Waals surface area contributed by atoms with Crippen molar-refractivity contribution in [2.45, 2.75) is 51.5 Å². The van der Waals surface area contributed by atoms with Gasteiger partial charge < -0.3 is 10.1 Å². The van der Waals surface area contributed by atoms with Crippen molar-refractivity contribution in [3.63, 3.8) is 0 Å². The summed E-state index contributed by atoms with van der Waals surface area (Å²) in [5, 5.41) is 2.81. The van der Waals surface area contributed by atoms with Crippen molar-refractivity contribution in [3.8, 4) is 5.88 Å². The van der Waals surface area contributed by atoms with Gasteiger partial charge in [0.1, 0.15) is 5.78 Å². The molecule has 0 aliphatic heterocycles. The summed E-state index contributed by atoms with van der Waals surface area (Å²) in [7, 11) is 0.